The predicted octanol–water partition coefficient (Wildman–Crippen LogP) is 5.35. The van der Waals surface area contributed by atoms with E-state index in [0.29, 0.717) is 35.0 Å². The fourth-order valence-electron chi connectivity index (χ4n) is 4.89. The summed E-state index contributed by atoms with van der Waals surface area (Å²) in [5.74, 6) is -0.667. The maximum absolute atomic E-state index is 13.9. The van der Waals surface area contributed by atoms with Crippen LogP contribution in [-0.2, 0) is 6.54 Å². The first-order valence-electron chi connectivity index (χ1n) is 12.0. The van der Waals surface area contributed by atoms with Crippen LogP contribution in [0.5, 0.6) is 0 Å². The zero-order valence-electron chi connectivity index (χ0n) is 19.7. The molecular formula is C28H28FN3O2S. The largest absolute Gasteiger partial charge is 0.350 e. The van der Waals surface area contributed by atoms with Gasteiger partial charge in [0, 0.05) is 27.9 Å². The van der Waals surface area contributed by atoms with E-state index in [2.05, 4.69) is 17.1 Å². The predicted molar refractivity (Wildman–Crippen MR) is 137 cm³/mol. The van der Waals surface area contributed by atoms with Gasteiger partial charge in [-0.3, -0.25) is 14.5 Å². The molecule has 1 fully saturated rings. The summed E-state index contributed by atoms with van der Waals surface area (Å²) in [7, 11) is 0. The highest BCUT2D eigenvalue weighted by Gasteiger charge is 2.29. The topological polar surface area (TPSA) is 52.7 Å². The summed E-state index contributed by atoms with van der Waals surface area (Å²) in [4.78, 5) is 32.5. The van der Waals surface area contributed by atoms with Crippen molar-refractivity contribution in [2.24, 2.45) is 0 Å². The Kier molecular flexibility index (Phi) is 6.88. The molecule has 1 saturated heterocycles. The third kappa shape index (κ3) is 4.97. The van der Waals surface area contributed by atoms with Gasteiger partial charge in [-0.05, 0) is 74.0 Å². The Bertz CT molecular complexity index is 1260. The molecule has 1 atom stereocenters. The van der Waals surface area contributed by atoms with Gasteiger partial charge in [-0.15, -0.1) is 0 Å². The molecule has 5 rings (SSSR count). The van der Waals surface area contributed by atoms with Crippen LogP contribution >= 0.6 is 11.8 Å². The molecule has 2 heterocycles. The first-order chi connectivity index (χ1) is 17.0. The van der Waals surface area contributed by atoms with E-state index in [1.165, 1.54) is 23.9 Å². The molecule has 1 unspecified atom stereocenters. The Morgan fingerprint density at radius 3 is 2.77 bits per heavy atom. The fraction of sp³-hybridized carbons (Fsp3) is 0.286. The van der Waals surface area contributed by atoms with Crippen LogP contribution < -0.4 is 10.2 Å². The van der Waals surface area contributed by atoms with Gasteiger partial charge in [0.15, 0.2) is 0 Å². The number of nitrogens with one attached hydrogen (secondary N) is 1. The molecule has 0 radical (unpaired) electrons. The molecule has 0 aromatic heterocycles. The Morgan fingerprint density at radius 1 is 1.09 bits per heavy atom. The molecule has 0 bridgehead atoms. The molecule has 5 nitrogen and oxygen atoms in total. The SMILES string of the molecule is CCN1CCCC1CNC(=O)c1ccc2c(c1)N(Cc1cccc(F)c1)C(=O)c1ccccc1S2. The van der Waals surface area contributed by atoms with E-state index < -0.39 is 0 Å². The number of carbonyl (C=O) groups is 2. The zero-order chi connectivity index (χ0) is 24.4. The highest BCUT2D eigenvalue weighted by molar-refractivity contribution is 7.99. The Labute approximate surface area is 209 Å². The number of fused-ring (bicyclic) bond motifs is 2. The van der Waals surface area contributed by atoms with Gasteiger partial charge in [0.25, 0.3) is 11.8 Å². The van der Waals surface area contributed by atoms with Crippen LogP contribution in [0.1, 0.15) is 46.0 Å². The van der Waals surface area contributed by atoms with E-state index >= 15 is 0 Å². The molecular weight excluding hydrogens is 461 g/mol. The van der Waals surface area contributed by atoms with Crippen molar-refractivity contribution < 1.29 is 14.0 Å². The van der Waals surface area contributed by atoms with Crippen LogP contribution in [0.3, 0.4) is 0 Å². The number of hydrogen-bond acceptors (Lipinski definition) is 4. The van der Waals surface area contributed by atoms with Gasteiger partial charge in [0.2, 0.25) is 0 Å². The van der Waals surface area contributed by atoms with Gasteiger partial charge >= 0.3 is 0 Å². The molecule has 3 aromatic rings. The molecule has 0 spiro atoms. The van der Waals surface area contributed by atoms with Gasteiger partial charge in [0.05, 0.1) is 17.8 Å². The van der Waals surface area contributed by atoms with Crippen molar-refractivity contribution in [3.63, 3.8) is 0 Å². The van der Waals surface area contributed by atoms with E-state index in [4.69, 9.17) is 0 Å². The lowest BCUT2D eigenvalue weighted by molar-refractivity contribution is 0.0938. The number of hydrogen-bond donors (Lipinski definition) is 1. The zero-order valence-corrected chi connectivity index (χ0v) is 20.5. The third-order valence-electron chi connectivity index (χ3n) is 6.73. The average Bonchev–Trinajstić information content (AvgIpc) is 3.29. The molecule has 7 heteroatoms. The molecule has 180 valence electrons. The monoisotopic (exact) mass is 489 g/mol. The van der Waals surface area contributed by atoms with E-state index in [-0.39, 0.29) is 24.2 Å². The second kappa shape index (κ2) is 10.2. The number of carbonyl (C=O) groups excluding carboxylic acids is 2. The highest BCUT2D eigenvalue weighted by Crippen LogP contribution is 2.42. The molecule has 35 heavy (non-hydrogen) atoms. The van der Waals surface area contributed by atoms with Crippen molar-refractivity contribution in [3.8, 4) is 0 Å². The summed E-state index contributed by atoms with van der Waals surface area (Å²) in [6.45, 7) is 5.01. The van der Waals surface area contributed by atoms with Gasteiger partial charge < -0.3 is 10.2 Å². The maximum atomic E-state index is 13.9. The quantitative estimate of drug-likeness (QED) is 0.507. The third-order valence-corrected chi connectivity index (χ3v) is 7.87. The Balaban J connectivity index is 1.46. The molecule has 2 aliphatic rings. The summed E-state index contributed by atoms with van der Waals surface area (Å²) >= 11 is 1.51. The number of nitrogens with zero attached hydrogens (tertiary/aromatic N) is 2. The number of likely N-dealkylation sites (N-methyl/N-ethyl adjacent to an activating group) is 1. The second-order valence-corrected chi connectivity index (χ2v) is 10.0. The summed E-state index contributed by atoms with van der Waals surface area (Å²) < 4.78 is 13.9. The number of halogens is 1. The standard InChI is InChI=1S/C28H28FN3O2S/c1-2-31-14-6-9-22(31)17-30-27(33)20-12-13-26-24(16-20)32(18-19-7-5-8-21(29)15-19)28(34)23-10-3-4-11-25(23)35-26/h3-5,7-8,10-13,15-16,22H,2,6,9,14,17-18H2,1H3,(H,30,33). The van der Waals surface area contributed by atoms with Gasteiger partial charge in [-0.25, -0.2) is 4.39 Å². The minimum atomic E-state index is -0.346. The van der Waals surface area contributed by atoms with E-state index in [9.17, 15) is 14.0 Å². The van der Waals surface area contributed by atoms with Crippen molar-refractivity contribution in [1.29, 1.82) is 0 Å². The first kappa shape index (κ1) is 23.6. The molecule has 2 aliphatic heterocycles. The van der Waals surface area contributed by atoms with Crippen molar-refractivity contribution in [1.82, 2.24) is 10.2 Å². The number of likely N-dealkylation sites (tertiary alicyclic amines) is 1. The van der Waals surface area contributed by atoms with E-state index in [0.717, 1.165) is 35.7 Å². The average molecular weight is 490 g/mol. The lowest BCUT2D eigenvalue weighted by atomic mass is 10.1. The lowest BCUT2D eigenvalue weighted by Gasteiger charge is -2.24. The van der Waals surface area contributed by atoms with E-state index in [1.807, 2.05) is 36.4 Å². The van der Waals surface area contributed by atoms with Crippen molar-refractivity contribution in [2.75, 3.05) is 24.5 Å². The fourth-order valence-corrected chi connectivity index (χ4v) is 5.95. The second-order valence-electron chi connectivity index (χ2n) is 8.94. The van der Waals surface area contributed by atoms with Crippen LogP contribution in [0, 0.1) is 5.82 Å². The van der Waals surface area contributed by atoms with Crippen LogP contribution in [0.15, 0.2) is 76.5 Å². The molecule has 0 saturated carbocycles. The lowest BCUT2D eigenvalue weighted by Crippen LogP contribution is -2.40. The first-order valence-corrected chi connectivity index (χ1v) is 12.8. The molecule has 3 aromatic carbocycles. The van der Waals surface area contributed by atoms with Crippen molar-refractivity contribution in [3.05, 3.63) is 89.2 Å². The Morgan fingerprint density at radius 2 is 1.94 bits per heavy atom. The normalized spacial score (nSPS) is 17.6. The molecule has 0 aliphatic carbocycles. The van der Waals surface area contributed by atoms with Crippen LogP contribution in [0.25, 0.3) is 0 Å². The summed E-state index contributed by atoms with van der Waals surface area (Å²) in [5.41, 5.74) is 2.44. The molecule has 1 N–H and O–H groups in total. The summed E-state index contributed by atoms with van der Waals surface area (Å²) in [5, 5.41) is 3.09. The minimum absolute atomic E-state index is 0.152. The molecule has 2 amide bonds. The smallest absolute Gasteiger partial charge is 0.259 e. The number of amides is 2. The van der Waals surface area contributed by atoms with Crippen molar-refractivity contribution >= 4 is 29.3 Å². The van der Waals surface area contributed by atoms with Crippen LogP contribution in [0.4, 0.5) is 10.1 Å². The minimum Gasteiger partial charge on any atom is -0.350 e. The van der Waals surface area contributed by atoms with E-state index in [1.54, 1.807) is 23.1 Å². The van der Waals surface area contributed by atoms with Crippen molar-refractivity contribution in [2.45, 2.75) is 42.1 Å². The van der Waals surface area contributed by atoms with Crippen LogP contribution in [0.2, 0.25) is 0 Å². The summed E-state index contributed by atoms with van der Waals surface area (Å²) in [6.07, 6.45) is 2.24. The van der Waals surface area contributed by atoms with Gasteiger partial charge in [-0.2, -0.15) is 0 Å². The van der Waals surface area contributed by atoms with Gasteiger partial charge in [0.1, 0.15) is 5.82 Å². The number of anilines is 1. The van der Waals surface area contributed by atoms with Gasteiger partial charge in [-0.1, -0.05) is 43.0 Å². The van der Waals surface area contributed by atoms with Crippen LogP contribution in [-0.4, -0.2) is 42.4 Å². The highest BCUT2D eigenvalue weighted by atomic mass is 32.2. The Hall–Kier alpha value is -3.16. The summed E-state index contributed by atoms with van der Waals surface area (Å²) in [6, 6.07) is 19.6. The number of rotatable bonds is 6. The maximum Gasteiger partial charge on any atom is 0.259 e. The number of benzene rings is 3.